The molecule has 1 N–H and O–H groups in total. The maximum atomic E-state index is 12.9. The lowest BCUT2D eigenvalue weighted by Crippen LogP contribution is -2.31. The van der Waals surface area contributed by atoms with Crippen LogP contribution < -0.4 is 10.2 Å². The SMILES string of the molecule is CCO[C@@H](Cc1ccc(-c2cccc(N(C)C(=O)Nc3ccc4ccccc4c3)n2)cc1)C(=O)OC. The highest BCUT2D eigenvalue weighted by molar-refractivity contribution is 6.02. The van der Waals surface area contributed by atoms with Gasteiger partial charge in [0.2, 0.25) is 0 Å². The zero-order valence-electron chi connectivity index (χ0n) is 20.6. The topological polar surface area (TPSA) is 80.8 Å². The highest BCUT2D eigenvalue weighted by atomic mass is 16.6. The number of anilines is 2. The van der Waals surface area contributed by atoms with Gasteiger partial charge in [-0.1, -0.05) is 60.7 Å². The third-order valence-corrected chi connectivity index (χ3v) is 5.89. The number of hydrogen-bond donors (Lipinski definition) is 1. The van der Waals surface area contributed by atoms with Crippen molar-refractivity contribution in [2.75, 3.05) is 31.0 Å². The van der Waals surface area contributed by atoms with E-state index in [1.165, 1.54) is 12.0 Å². The molecule has 7 heteroatoms. The van der Waals surface area contributed by atoms with Gasteiger partial charge in [-0.25, -0.2) is 14.6 Å². The van der Waals surface area contributed by atoms with E-state index < -0.39 is 6.10 Å². The number of hydrogen-bond acceptors (Lipinski definition) is 5. The average molecular weight is 484 g/mol. The van der Waals surface area contributed by atoms with Crippen LogP contribution >= 0.6 is 0 Å². The monoisotopic (exact) mass is 483 g/mol. The number of carbonyl (C=O) groups excluding carboxylic acids is 2. The first kappa shape index (κ1) is 24.9. The molecule has 0 spiro atoms. The van der Waals surface area contributed by atoms with Gasteiger partial charge in [0, 0.05) is 31.3 Å². The van der Waals surface area contributed by atoms with Crippen LogP contribution in [-0.2, 0) is 20.7 Å². The average Bonchev–Trinajstić information content (AvgIpc) is 2.92. The molecule has 4 rings (SSSR count). The van der Waals surface area contributed by atoms with Crippen molar-refractivity contribution in [2.45, 2.75) is 19.4 Å². The number of fused-ring (bicyclic) bond motifs is 1. The molecule has 0 bridgehead atoms. The minimum absolute atomic E-state index is 0.282. The maximum Gasteiger partial charge on any atom is 0.335 e. The van der Waals surface area contributed by atoms with Crippen LogP contribution in [0.2, 0.25) is 0 Å². The molecule has 0 aliphatic carbocycles. The summed E-state index contributed by atoms with van der Waals surface area (Å²) in [6.07, 6.45) is -0.214. The lowest BCUT2D eigenvalue weighted by atomic mass is 10.0. The summed E-state index contributed by atoms with van der Waals surface area (Å²) >= 11 is 0. The van der Waals surface area contributed by atoms with E-state index in [1.807, 2.05) is 85.8 Å². The molecule has 7 nitrogen and oxygen atoms in total. The molecule has 36 heavy (non-hydrogen) atoms. The number of ether oxygens (including phenoxy) is 2. The normalized spacial score (nSPS) is 11.6. The molecule has 2 amide bonds. The van der Waals surface area contributed by atoms with Crippen molar-refractivity contribution in [3.05, 3.63) is 90.5 Å². The van der Waals surface area contributed by atoms with E-state index in [9.17, 15) is 9.59 Å². The van der Waals surface area contributed by atoms with E-state index in [0.717, 1.165) is 33.3 Å². The fraction of sp³-hybridized carbons (Fsp3) is 0.207. The summed E-state index contributed by atoms with van der Waals surface area (Å²) in [5.41, 5.74) is 3.30. The van der Waals surface area contributed by atoms with Gasteiger partial charge in [-0.15, -0.1) is 0 Å². The number of pyridine rings is 1. The van der Waals surface area contributed by atoms with Crippen LogP contribution in [0.3, 0.4) is 0 Å². The number of rotatable bonds is 8. The van der Waals surface area contributed by atoms with Crippen molar-refractivity contribution < 1.29 is 19.1 Å². The van der Waals surface area contributed by atoms with Crippen LogP contribution in [0.15, 0.2) is 84.9 Å². The number of methoxy groups -OCH3 is 1. The van der Waals surface area contributed by atoms with Crippen molar-refractivity contribution in [1.82, 2.24) is 4.98 Å². The summed E-state index contributed by atoms with van der Waals surface area (Å²) < 4.78 is 10.3. The fourth-order valence-electron chi connectivity index (χ4n) is 3.92. The molecular weight excluding hydrogens is 454 g/mol. The first-order chi connectivity index (χ1) is 17.5. The van der Waals surface area contributed by atoms with Crippen molar-refractivity contribution in [3.8, 4) is 11.3 Å². The number of carbonyl (C=O) groups is 2. The molecule has 0 radical (unpaired) electrons. The molecule has 0 saturated heterocycles. The van der Waals surface area contributed by atoms with Gasteiger partial charge in [0.1, 0.15) is 5.82 Å². The Bertz CT molecular complexity index is 1350. The van der Waals surface area contributed by atoms with Crippen LogP contribution in [0, 0.1) is 0 Å². The number of nitrogens with one attached hydrogen (secondary N) is 1. The molecule has 0 unspecified atom stereocenters. The molecule has 4 aromatic rings. The summed E-state index contributed by atoms with van der Waals surface area (Å²) in [4.78, 5) is 31.0. The fourth-order valence-corrected chi connectivity index (χ4v) is 3.92. The molecular formula is C29H29N3O4. The molecule has 0 saturated carbocycles. The molecule has 1 aromatic heterocycles. The van der Waals surface area contributed by atoms with E-state index in [4.69, 9.17) is 9.47 Å². The van der Waals surface area contributed by atoms with Gasteiger partial charge in [-0.3, -0.25) is 4.90 Å². The lowest BCUT2D eigenvalue weighted by molar-refractivity contribution is -0.153. The molecule has 0 aliphatic heterocycles. The first-order valence-electron chi connectivity index (χ1n) is 11.8. The van der Waals surface area contributed by atoms with Crippen LogP contribution in [0.25, 0.3) is 22.0 Å². The summed E-state index contributed by atoms with van der Waals surface area (Å²) in [6.45, 7) is 2.27. The van der Waals surface area contributed by atoms with Crippen LogP contribution in [0.4, 0.5) is 16.3 Å². The Morgan fingerprint density at radius 3 is 2.42 bits per heavy atom. The highest BCUT2D eigenvalue weighted by Crippen LogP contribution is 2.23. The van der Waals surface area contributed by atoms with E-state index in [1.54, 1.807) is 13.1 Å². The summed E-state index contributed by atoms with van der Waals surface area (Å²) in [5, 5.41) is 5.11. The van der Waals surface area contributed by atoms with Gasteiger partial charge in [-0.2, -0.15) is 0 Å². The zero-order valence-corrected chi connectivity index (χ0v) is 20.6. The van der Waals surface area contributed by atoms with Gasteiger partial charge in [0.15, 0.2) is 6.10 Å². The van der Waals surface area contributed by atoms with Gasteiger partial charge in [0.05, 0.1) is 12.8 Å². The smallest absolute Gasteiger partial charge is 0.335 e. The molecule has 0 fully saturated rings. The van der Waals surface area contributed by atoms with Crippen LogP contribution in [0.1, 0.15) is 12.5 Å². The van der Waals surface area contributed by atoms with Crippen LogP contribution in [0.5, 0.6) is 0 Å². The van der Waals surface area contributed by atoms with E-state index in [2.05, 4.69) is 10.3 Å². The summed E-state index contributed by atoms with van der Waals surface area (Å²) in [7, 11) is 3.04. The van der Waals surface area contributed by atoms with Crippen LogP contribution in [-0.4, -0.2) is 43.9 Å². The number of aromatic nitrogens is 1. The van der Waals surface area contributed by atoms with E-state index in [0.29, 0.717) is 18.8 Å². The highest BCUT2D eigenvalue weighted by Gasteiger charge is 2.20. The van der Waals surface area contributed by atoms with Crippen molar-refractivity contribution in [2.24, 2.45) is 0 Å². The Morgan fingerprint density at radius 1 is 0.944 bits per heavy atom. The number of benzene rings is 3. The maximum absolute atomic E-state index is 12.9. The Balaban J connectivity index is 1.46. The van der Waals surface area contributed by atoms with Gasteiger partial charge in [0.25, 0.3) is 0 Å². The Hall–Kier alpha value is -4.23. The molecule has 1 atom stereocenters. The Labute approximate surface area is 210 Å². The minimum atomic E-state index is -0.637. The van der Waals surface area contributed by atoms with Crippen molar-refractivity contribution >= 4 is 34.3 Å². The van der Waals surface area contributed by atoms with Gasteiger partial charge >= 0.3 is 12.0 Å². The predicted octanol–water partition coefficient (Wildman–Crippen LogP) is 5.69. The quantitative estimate of drug-likeness (QED) is 0.326. The lowest BCUT2D eigenvalue weighted by Gasteiger charge is -2.18. The minimum Gasteiger partial charge on any atom is -0.467 e. The summed E-state index contributed by atoms with van der Waals surface area (Å²) in [5.74, 6) is 0.136. The molecule has 3 aromatic carbocycles. The standard InChI is InChI=1S/C29H29N3O4/c1-4-36-26(28(33)35-3)18-20-12-14-22(15-13-20)25-10-7-11-27(31-25)32(2)29(34)30-24-17-16-21-8-5-6-9-23(21)19-24/h5-17,19,26H,4,18H2,1-3H3,(H,30,34)/t26-/m0/s1. The first-order valence-corrected chi connectivity index (χ1v) is 11.8. The second-order valence-electron chi connectivity index (χ2n) is 8.30. The third kappa shape index (κ3) is 5.87. The Morgan fingerprint density at radius 2 is 1.69 bits per heavy atom. The number of esters is 1. The largest absolute Gasteiger partial charge is 0.467 e. The molecule has 1 heterocycles. The second-order valence-corrected chi connectivity index (χ2v) is 8.30. The van der Waals surface area contributed by atoms with Crippen molar-refractivity contribution in [3.63, 3.8) is 0 Å². The third-order valence-electron chi connectivity index (χ3n) is 5.89. The second kappa shape index (κ2) is 11.5. The number of urea groups is 1. The van der Waals surface area contributed by atoms with Gasteiger partial charge < -0.3 is 14.8 Å². The number of nitrogens with zero attached hydrogens (tertiary/aromatic N) is 2. The summed E-state index contributed by atoms with van der Waals surface area (Å²) in [6, 6.07) is 26.8. The van der Waals surface area contributed by atoms with E-state index in [-0.39, 0.29) is 12.0 Å². The van der Waals surface area contributed by atoms with E-state index >= 15 is 0 Å². The molecule has 184 valence electrons. The number of amides is 2. The Kier molecular flexibility index (Phi) is 7.92. The van der Waals surface area contributed by atoms with Crippen molar-refractivity contribution in [1.29, 1.82) is 0 Å². The van der Waals surface area contributed by atoms with Gasteiger partial charge in [-0.05, 0) is 47.5 Å². The predicted molar refractivity (Wildman–Crippen MR) is 142 cm³/mol. The molecule has 0 aliphatic rings. The zero-order chi connectivity index (χ0) is 25.5.